The second-order valence-corrected chi connectivity index (χ2v) is 14.2. The number of carbonyl (C=O) groups excluding carboxylic acids is 1. The van der Waals surface area contributed by atoms with Crippen molar-refractivity contribution in [1.82, 2.24) is 4.98 Å². The number of hydrogen-bond donors (Lipinski definition) is 0. The van der Waals surface area contributed by atoms with Crippen LogP contribution in [0.5, 0.6) is 0 Å². The molecule has 1 aromatic heterocycles. The summed E-state index contributed by atoms with van der Waals surface area (Å²) >= 11 is 1.43. The van der Waals surface area contributed by atoms with Gasteiger partial charge in [0.05, 0.1) is 36.4 Å². The van der Waals surface area contributed by atoms with Crippen LogP contribution in [0.1, 0.15) is 68.1 Å². The van der Waals surface area contributed by atoms with E-state index in [1.807, 2.05) is 5.38 Å². The number of Topliss-reactive ketones (excluding diaryl/α,β-unsaturated/α-hetero) is 1. The maximum atomic E-state index is 13.4. The molecule has 0 radical (unpaired) electrons. The average Bonchev–Trinajstić information content (AvgIpc) is 3.48. The highest BCUT2D eigenvalue weighted by molar-refractivity contribution is 7.90. The van der Waals surface area contributed by atoms with Crippen LogP contribution < -0.4 is 0 Å². The third-order valence-electron chi connectivity index (χ3n) is 6.36. The summed E-state index contributed by atoms with van der Waals surface area (Å²) in [5, 5.41) is 2.63. The number of benzene rings is 1. The summed E-state index contributed by atoms with van der Waals surface area (Å²) in [5.74, 6) is 0.325. The third-order valence-corrected chi connectivity index (χ3v) is 10.5. The van der Waals surface area contributed by atoms with Crippen LogP contribution in [0.15, 0.2) is 34.5 Å². The van der Waals surface area contributed by atoms with Gasteiger partial charge in [-0.25, -0.2) is 13.4 Å². The van der Waals surface area contributed by atoms with Gasteiger partial charge in [0.1, 0.15) is 10.8 Å². The molecule has 3 rings (SSSR count). The number of carbonyl (C=O) groups is 1. The Hall–Kier alpha value is -1.38. The molecule has 0 spiro atoms. The molecule has 0 amide bonds. The van der Waals surface area contributed by atoms with Gasteiger partial charge in [-0.15, -0.1) is 11.3 Å². The fourth-order valence-electron chi connectivity index (χ4n) is 4.61. The normalized spacial score (nSPS) is 16.0. The third kappa shape index (κ3) is 8.32. The lowest BCUT2D eigenvalue weighted by Gasteiger charge is -2.20. The van der Waals surface area contributed by atoms with E-state index < -0.39 is 17.4 Å². The second kappa shape index (κ2) is 12.7. The minimum Gasteiger partial charge on any atom is -0.309 e. The van der Waals surface area contributed by atoms with Crippen LogP contribution in [-0.4, -0.2) is 44.8 Å². The molecule has 35 heavy (non-hydrogen) atoms. The van der Waals surface area contributed by atoms with E-state index in [9.17, 15) is 17.8 Å². The predicted octanol–water partition coefficient (Wildman–Crippen LogP) is 5.83. The van der Waals surface area contributed by atoms with Gasteiger partial charge in [0.2, 0.25) is 0 Å². The minimum atomic E-state index is -3.29. The summed E-state index contributed by atoms with van der Waals surface area (Å²) < 4.78 is 47.1. The van der Waals surface area contributed by atoms with Gasteiger partial charge >= 0.3 is 7.60 Å². The van der Waals surface area contributed by atoms with Crippen molar-refractivity contribution >= 4 is 34.6 Å². The molecule has 2 aromatic rings. The van der Waals surface area contributed by atoms with Crippen LogP contribution in [0.2, 0.25) is 0 Å². The van der Waals surface area contributed by atoms with E-state index in [4.69, 9.17) is 9.05 Å². The van der Waals surface area contributed by atoms with Gasteiger partial charge < -0.3 is 9.05 Å². The maximum absolute atomic E-state index is 13.4. The molecule has 194 valence electrons. The first kappa shape index (κ1) is 28.2. The zero-order valence-electron chi connectivity index (χ0n) is 20.8. The highest BCUT2D eigenvalue weighted by Crippen LogP contribution is 2.48. The molecule has 10 heteroatoms. The molecule has 0 bridgehead atoms. The van der Waals surface area contributed by atoms with Crippen LogP contribution in [-0.2, 0) is 41.1 Å². The summed E-state index contributed by atoms with van der Waals surface area (Å²) in [5.41, 5.74) is 1.64. The lowest BCUT2D eigenvalue weighted by Crippen LogP contribution is -2.18. The van der Waals surface area contributed by atoms with Gasteiger partial charge in [-0.05, 0) is 43.9 Å². The van der Waals surface area contributed by atoms with Gasteiger partial charge in [0, 0.05) is 24.0 Å². The molecule has 1 heterocycles. The monoisotopic (exact) mass is 541 g/mol. The van der Waals surface area contributed by atoms with E-state index in [-0.39, 0.29) is 29.2 Å². The summed E-state index contributed by atoms with van der Waals surface area (Å²) in [4.78, 5) is 18.3. The first-order valence-electron chi connectivity index (χ1n) is 12.3. The number of hydrogen-bond acceptors (Lipinski definition) is 8. The van der Waals surface area contributed by atoms with Crippen molar-refractivity contribution in [3.05, 3.63) is 45.9 Å². The van der Waals surface area contributed by atoms with Crippen LogP contribution >= 0.6 is 18.9 Å². The van der Waals surface area contributed by atoms with Crippen molar-refractivity contribution in [2.24, 2.45) is 5.92 Å². The molecule has 1 saturated carbocycles. The topological polar surface area (TPSA) is 99.6 Å². The standard InChI is InChI=1S/C25H36NO6PS2/c1-4-31-33(28,32-5-2)15-14-21-18-34-25(26-21)17-24(27)23(16-19-8-6-7-9-19)20-10-12-22(13-11-20)35(3,29)30/h10-13,18-19,23H,4-9,14-17H2,1-3H3/t23-/m1/s1. The number of rotatable bonds is 14. The first-order valence-corrected chi connectivity index (χ1v) is 16.8. The van der Waals surface area contributed by atoms with Gasteiger partial charge in [-0.2, -0.15) is 0 Å². The van der Waals surface area contributed by atoms with E-state index in [0.717, 1.165) is 35.5 Å². The molecule has 0 aliphatic heterocycles. The first-order chi connectivity index (χ1) is 16.6. The Morgan fingerprint density at radius 1 is 1.14 bits per heavy atom. The predicted molar refractivity (Wildman–Crippen MR) is 139 cm³/mol. The molecular weight excluding hydrogens is 505 g/mol. The lowest BCUT2D eigenvalue weighted by molar-refractivity contribution is -0.120. The maximum Gasteiger partial charge on any atom is 0.331 e. The van der Waals surface area contributed by atoms with E-state index in [1.165, 1.54) is 30.4 Å². The molecule has 1 aliphatic carbocycles. The number of aromatic nitrogens is 1. The van der Waals surface area contributed by atoms with Gasteiger partial charge in [-0.1, -0.05) is 37.8 Å². The Morgan fingerprint density at radius 2 is 1.77 bits per heavy atom. The van der Waals surface area contributed by atoms with Gasteiger partial charge in [0.15, 0.2) is 9.84 Å². The number of ketones is 1. The Labute approximate surface area is 213 Å². The van der Waals surface area contributed by atoms with Crippen LogP contribution in [0.4, 0.5) is 0 Å². The molecule has 1 aromatic carbocycles. The van der Waals surface area contributed by atoms with Gasteiger partial charge in [-0.3, -0.25) is 9.36 Å². The van der Waals surface area contributed by atoms with E-state index in [1.54, 1.807) is 38.1 Å². The Balaban J connectivity index is 1.70. The molecule has 0 saturated heterocycles. The summed E-state index contributed by atoms with van der Waals surface area (Å²) in [6.07, 6.45) is 7.56. The van der Waals surface area contributed by atoms with Crippen molar-refractivity contribution in [3.8, 4) is 0 Å². The zero-order valence-corrected chi connectivity index (χ0v) is 23.3. The smallest absolute Gasteiger partial charge is 0.309 e. The van der Waals surface area contributed by atoms with Crippen molar-refractivity contribution in [2.75, 3.05) is 25.6 Å². The lowest BCUT2D eigenvalue weighted by atomic mass is 9.84. The van der Waals surface area contributed by atoms with Gasteiger partial charge in [0.25, 0.3) is 0 Å². The fraction of sp³-hybridized carbons (Fsp3) is 0.600. The molecule has 7 nitrogen and oxygen atoms in total. The largest absolute Gasteiger partial charge is 0.331 e. The van der Waals surface area contributed by atoms with Crippen molar-refractivity contribution < 1.29 is 26.8 Å². The molecule has 0 N–H and O–H groups in total. The Morgan fingerprint density at radius 3 is 2.34 bits per heavy atom. The molecule has 1 aliphatic rings. The van der Waals surface area contributed by atoms with Crippen LogP contribution in [0, 0.1) is 5.92 Å². The summed E-state index contributed by atoms with van der Waals surface area (Å²) in [6.45, 7) is 4.22. The quantitative estimate of drug-likeness (QED) is 0.277. The number of sulfone groups is 1. The Bertz CT molecular complexity index is 1110. The molecule has 1 atom stereocenters. The van der Waals surface area contributed by atoms with E-state index >= 15 is 0 Å². The zero-order chi connectivity index (χ0) is 25.5. The Kier molecular flexibility index (Phi) is 10.3. The highest BCUT2D eigenvalue weighted by Gasteiger charge is 2.28. The summed E-state index contributed by atoms with van der Waals surface area (Å²) in [6, 6.07) is 6.74. The number of thiazole rings is 1. The highest BCUT2D eigenvalue weighted by atomic mass is 32.2. The minimum absolute atomic E-state index is 0.0965. The SMILES string of the molecule is CCOP(=O)(CCc1csc(CC(=O)[C@H](CC2CCCC2)c2ccc(S(C)(=O)=O)cc2)n1)OCC. The van der Waals surface area contributed by atoms with Crippen molar-refractivity contribution in [2.45, 2.75) is 69.6 Å². The van der Waals surface area contributed by atoms with E-state index in [0.29, 0.717) is 25.6 Å². The molecular formula is C25H36NO6PS2. The van der Waals surface area contributed by atoms with E-state index in [2.05, 4.69) is 4.98 Å². The summed E-state index contributed by atoms with van der Waals surface area (Å²) in [7, 11) is -6.43. The average molecular weight is 542 g/mol. The molecule has 0 unspecified atom stereocenters. The van der Waals surface area contributed by atoms with Crippen molar-refractivity contribution in [3.63, 3.8) is 0 Å². The fourth-order valence-corrected chi connectivity index (χ4v) is 7.70. The number of nitrogens with zero attached hydrogens (tertiary/aromatic N) is 1. The van der Waals surface area contributed by atoms with Crippen molar-refractivity contribution in [1.29, 1.82) is 0 Å². The van der Waals surface area contributed by atoms with Crippen LogP contribution in [0.3, 0.4) is 0 Å². The molecule has 1 fully saturated rings. The van der Waals surface area contributed by atoms with Crippen LogP contribution in [0.25, 0.3) is 0 Å². The second-order valence-electron chi connectivity index (χ2n) is 9.08. The number of aryl methyl sites for hydroxylation is 1.